The molecule has 1 heterocycles. The third-order valence-corrected chi connectivity index (χ3v) is 5.34. The van der Waals surface area contributed by atoms with Gasteiger partial charge in [-0.15, -0.1) is 11.3 Å². The van der Waals surface area contributed by atoms with Crippen molar-refractivity contribution in [3.05, 3.63) is 22.4 Å². The molecule has 0 saturated heterocycles. The summed E-state index contributed by atoms with van der Waals surface area (Å²) in [5, 5.41) is 5.51. The van der Waals surface area contributed by atoms with Crippen molar-refractivity contribution in [1.29, 1.82) is 0 Å². The van der Waals surface area contributed by atoms with E-state index in [4.69, 9.17) is 5.73 Å². The molecule has 18 heavy (non-hydrogen) atoms. The average Bonchev–Trinajstić information content (AvgIpc) is 2.84. The van der Waals surface area contributed by atoms with Gasteiger partial charge in [-0.2, -0.15) is 0 Å². The van der Waals surface area contributed by atoms with E-state index in [1.165, 1.54) is 11.3 Å². The van der Waals surface area contributed by atoms with Gasteiger partial charge in [0.25, 0.3) is 0 Å². The zero-order valence-corrected chi connectivity index (χ0v) is 11.9. The number of primary amides is 1. The molecule has 0 aromatic carbocycles. The largest absolute Gasteiger partial charge is 0.368 e. The molecular formula is C14H22N2OS. The zero-order chi connectivity index (χ0) is 13.2. The van der Waals surface area contributed by atoms with Gasteiger partial charge >= 0.3 is 0 Å². The molecule has 1 saturated carbocycles. The number of thiophene rings is 1. The molecular weight excluding hydrogens is 244 g/mol. The van der Waals surface area contributed by atoms with Crippen molar-refractivity contribution in [3.63, 3.8) is 0 Å². The van der Waals surface area contributed by atoms with E-state index in [9.17, 15) is 4.79 Å². The van der Waals surface area contributed by atoms with Gasteiger partial charge in [-0.3, -0.25) is 10.1 Å². The second kappa shape index (κ2) is 5.41. The van der Waals surface area contributed by atoms with Gasteiger partial charge in [0.15, 0.2) is 0 Å². The van der Waals surface area contributed by atoms with Gasteiger partial charge < -0.3 is 5.73 Å². The van der Waals surface area contributed by atoms with Crippen LogP contribution in [0.5, 0.6) is 0 Å². The van der Waals surface area contributed by atoms with Crippen LogP contribution in [0.2, 0.25) is 0 Å². The van der Waals surface area contributed by atoms with E-state index in [1.807, 2.05) is 6.07 Å². The molecule has 3 atom stereocenters. The van der Waals surface area contributed by atoms with Gasteiger partial charge in [0.1, 0.15) is 5.54 Å². The van der Waals surface area contributed by atoms with Crippen molar-refractivity contribution >= 4 is 17.2 Å². The number of nitrogens with two attached hydrogens (primary N) is 1. The van der Waals surface area contributed by atoms with E-state index in [-0.39, 0.29) is 5.91 Å². The Labute approximate surface area is 113 Å². The van der Waals surface area contributed by atoms with E-state index >= 15 is 0 Å². The van der Waals surface area contributed by atoms with E-state index in [0.717, 1.165) is 19.4 Å². The predicted octanol–water partition coefficient (Wildman–Crippen LogP) is 2.52. The smallest absolute Gasteiger partial charge is 0.238 e. The van der Waals surface area contributed by atoms with Crippen molar-refractivity contribution in [1.82, 2.24) is 5.32 Å². The van der Waals surface area contributed by atoms with Crippen LogP contribution in [0.25, 0.3) is 0 Å². The van der Waals surface area contributed by atoms with Crippen LogP contribution in [-0.2, 0) is 11.3 Å². The molecule has 1 aliphatic rings. The van der Waals surface area contributed by atoms with Gasteiger partial charge in [0.05, 0.1) is 0 Å². The average molecular weight is 266 g/mol. The molecule has 1 aliphatic carbocycles. The maximum absolute atomic E-state index is 12.0. The van der Waals surface area contributed by atoms with Crippen molar-refractivity contribution in [2.75, 3.05) is 0 Å². The summed E-state index contributed by atoms with van der Waals surface area (Å²) in [7, 11) is 0. The highest BCUT2D eigenvalue weighted by Gasteiger charge is 2.45. The van der Waals surface area contributed by atoms with Crippen molar-refractivity contribution < 1.29 is 4.79 Å². The van der Waals surface area contributed by atoms with Gasteiger partial charge in [0.2, 0.25) is 5.91 Å². The summed E-state index contributed by atoms with van der Waals surface area (Å²) in [4.78, 5) is 13.2. The van der Waals surface area contributed by atoms with Gasteiger partial charge in [-0.25, -0.2) is 0 Å². The second-order valence-corrected chi connectivity index (χ2v) is 6.46. The molecule has 3 nitrogen and oxygen atoms in total. The van der Waals surface area contributed by atoms with Gasteiger partial charge in [-0.1, -0.05) is 32.8 Å². The molecule has 0 aliphatic heterocycles. The Balaban J connectivity index is 2.13. The number of carbonyl (C=O) groups is 1. The lowest BCUT2D eigenvalue weighted by Gasteiger charge is -2.44. The second-order valence-electron chi connectivity index (χ2n) is 5.43. The number of hydrogen-bond donors (Lipinski definition) is 2. The normalized spacial score (nSPS) is 32.3. The van der Waals surface area contributed by atoms with Crippen molar-refractivity contribution in [2.24, 2.45) is 17.6 Å². The summed E-state index contributed by atoms with van der Waals surface area (Å²) in [6.45, 7) is 5.10. The first-order valence-corrected chi connectivity index (χ1v) is 7.51. The Morgan fingerprint density at radius 3 is 3.00 bits per heavy atom. The number of carbonyl (C=O) groups excluding carboxylic acids is 1. The standard InChI is InChI=1S/C14H22N2OS/c1-10-5-3-7-14(11(10)2,13(15)17)16-9-12-6-4-8-18-12/h4,6,8,10-11,16H,3,5,7,9H2,1-2H3,(H2,15,17). The molecule has 0 bridgehead atoms. The Morgan fingerprint density at radius 1 is 1.61 bits per heavy atom. The molecule has 0 radical (unpaired) electrons. The molecule has 1 fully saturated rings. The van der Waals surface area contributed by atoms with Gasteiger partial charge in [0, 0.05) is 11.4 Å². The summed E-state index contributed by atoms with van der Waals surface area (Å²) in [6, 6.07) is 4.12. The molecule has 1 aromatic rings. The molecule has 0 spiro atoms. The van der Waals surface area contributed by atoms with Crippen LogP contribution in [0.1, 0.15) is 38.0 Å². The lowest BCUT2D eigenvalue weighted by atomic mass is 9.68. The zero-order valence-electron chi connectivity index (χ0n) is 11.1. The Bertz CT molecular complexity index is 404. The minimum atomic E-state index is -0.526. The lowest BCUT2D eigenvalue weighted by Crippen LogP contribution is -2.62. The summed E-state index contributed by atoms with van der Waals surface area (Å²) in [6.07, 6.45) is 3.13. The first-order chi connectivity index (χ1) is 8.56. The quantitative estimate of drug-likeness (QED) is 0.880. The first-order valence-electron chi connectivity index (χ1n) is 6.63. The van der Waals surface area contributed by atoms with E-state index in [0.29, 0.717) is 11.8 Å². The topological polar surface area (TPSA) is 55.1 Å². The minimum Gasteiger partial charge on any atom is -0.368 e. The number of nitrogens with one attached hydrogen (secondary N) is 1. The third-order valence-electron chi connectivity index (χ3n) is 4.46. The number of amides is 1. The lowest BCUT2D eigenvalue weighted by molar-refractivity contribution is -0.129. The minimum absolute atomic E-state index is 0.196. The molecule has 4 heteroatoms. The molecule has 2 rings (SSSR count). The fourth-order valence-corrected chi connectivity index (χ4v) is 3.65. The van der Waals surface area contributed by atoms with Gasteiger partial charge in [-0.05, 0) is 29.7 Å². The number of rotatable bonds is 4. The molecule has 100 valence electrons. The molecule has 3 unspecified atom stereocenters. The Kier molecular flexibility index (Phi) is 4.07. The predicted molar refractivity (Wildman–Crippen MR) is 75.3 cm³/mol. The summed E-state index contributed by atoms with van der Waals surface area (Å²) >= 11 is 1.71. The van der Waals surface area contributed by atoms with Crippen LogP contribution in [0, 0.1) is 11.8 Å². The van der Waals surface area contributed by atoms with Crippen LogP contribution in [0.4, 0.5) is 0 Å². The monoisotopic (exact) mass is 266 g/mol. The fourth-order valence-electron chi connectivity index (χ4n) is 3.01. The summed E-state index contributed by atoms with van der Waals surface area (Å²) in [5.74, 6) is 0.643. The Hall–Kier alpha value is -0.870. The maximum atomic E-state index is 12.0. The van der Waals surface area contributed by atoms with Crippen LogP contribution in [-0.4, -0.2) is 11.4 Å². The molecule has 1 amide bonds. The summed E-state index contributed by atoms with van der Waals surface area (Å²) < 4.78 is 0. The molecule has 3 N–H and O–H groups in total. The fraction of sp³-hybridized carbons (Fsp3) is 0.643. The highest BCUT2D eigenvalue weighted by Crippen LogP contribution is 2.37. The van der Waals surface area contributed by atoms with Crippen LogP contribution in [0.3, 0.4) is 0 Å². The molecule has 1 aromatic heterocycles. The van der Waals surface area contributed by atoms with E-state index in [2.05, 4.69) is 30.6 Å². The first kappa shape index (κ1) is 13.6. The van der Waals surface area contributed by atoms with E-state index < -0.39 is 5.54 Å². The Morgan fingerprint density at radius 2 is 2.39 bits per heavy atom. The van der Waals surface area contributed by atoms with Crippen LogP contribution >= 0.6 is 11.3 Å². The van der Waals surface area contributed by atoms with Crippen LogP contribution < -0.4 is 11.1 Å². The maximum Gasteiger partial charge on any atom is 0.238 e. The third kappa shape index (κ3) is 2.45. The highest BCUT2D eigenvalue weighted by atomic mass is 32.1. The van der Waals surface area contributed by atoms with Crippen molar-refractivity contribution in [2.45, 2.75) is 45.2 Å². The van der Waals surface area contributed by atoms with Crippen molar-refractivity contribution in [3.8, 4) is 0 Å². The number of hydrogen-bond acceptors (Lipinski definition) is 3. The summed E-state index contributed by atoms with van der Waals surface area (Å²) in [5.41, 5.74) is 5.17. The van der Waals surface area contributed by atoms with E-state index in [1.54, 1.807) is 11.3 Å². The van der Waals surface area contributed by atoms with Crippen LogP contribution in [0.15, 0.2) is 17.5 Å². The SMILES string of the molecule is CC1CCCC(NCc2cccs2)(C(N)=O)C1C. The highest BCUT2D eigenvalue weighted by molar-refractivity contribution is 7.09.